The second kappa shape index (κ2) is 2.76. The molecule has 0 nitrogen and oxygen atoms in total. The summed E-state index contributed by atoms with van der Waals surface area (Å²) in [5.74, 6) is 4.01. The smallest absolute Gasteiger partial charge is 0.0625 e. The van der Waals surface area contributed by atoms with Crippen molar-refractivity contribution in [1.82, 2.24) is 0 Å². The molecule has 0 aliphatic heterocycles. The molecule has 0 amide bonds. The van der Waals surface area contributed by atoms with Gasteiger partial charge in [0.15, 0.2) is 0 Å². The molecule has 0 aromatic carbocycles. The molecule has 4 fully saturated rings. The second-order valence-electron chi connectivity index (χ2n) is 7.51. The fraction of sp³-hybridized carbons (Fsp3) is 0.933. The Balaban J connectivity index is 1.96. The van der Waals surface area contributed by atoms with Gasteiger partial charge in [-0.25, -0.2) is 0 Å². The highest BCUT2D eigenvalue weighted by molar-refractivity contribution is 5.16. The molecule has 4 rings (SSSR count). The average Bonchev–Trinajstić information content (AvgIpc) is 2.33. The molecule has 4 aliphatic carbocycles. The van der Waals surface area contributed by atoms with Crippen molar-refractivity contribution in [3.63, 3.8) is 0 Å². The first-order valence-corrected chi connectivity index (χ1v) is 6.78. The van der Waals surface area contributed by atoms with E-state index in [1.54, 1.807) is 0 Å². The standard InChI is InChI=1S/C15H25/c1-10(2)11-8-15(4)9-14(3)6-5-13(15)12(11)7-14/h6,10-13H,5,7-9H2,1-4H3/q+1/t11-,12?,13?,14?,15?/m0/s1. The summed E-state index contributed by atoms with van der Waals surface area (Å²) in [5, 5.41) is 0. The van der Waals surface area contributed by atoms with E-state index in [-0.39, 0.29) is 0 Å². The molecule has 0 heteroatoms. The van der Waals surface area contributed by atoms with Crippen LogP contribution in [-0.4, -0.2) is 0 Å². The van der Waals surface area contributed by atoms with Crippen LogP contribution < -0.4 is 0 Å². The topological polar surface area (TPSA) is 0 Å². The lowest BCUT2D eigenvalue weighted by Gasteiger charge is -2.48. The lowest BCUT2D eigenvalue weighted by atomic mass is 9.51. The third-order valence-electron chi connectivity index (χ3n) is 5.89. The van der Waals surface area contributed by atoms with Gasteiger partial charge in [-0.2, -0.15) is 0 Å². The largest absolute Gasteiger partial charge is 0.106 e. The van der Waals surface area contributed by atoms with E-state index in [2.05, 4.69) is 34.1 Å². The Kier molecular flexibility index (Phi) is 1.85. The lowest BCUT2D eigenvalue weighted by Crippen LogP contribution is -2.45. The first-order chi connectivity index (χ1) is 6.94. The van der Waals surface area contributed by atoms with Gasteiger partial charge in [0.05, 0.1) is 12.8 Å². The van der Waals surface area contributed by atoms with E-state index in [1.807, 2.05) is 0 Å². The summed E-state index contributed by atoms with van der Waals surface area (Å²) in [5.41, 5.74) is 1.29. The molecule has 0 radical (unpaired) electrons. The van der Waals surface area contributed by atoms with Crippen LogP contribution in [0, 0.1) is 40.9 Å². The van der Waals surface area contributed by atoms with Crippen LogP contribution in [0.15, 0.2) is 0 Å². The summed E-state index contributed by atoms with van der Waals surface area (Å²) < 4.78 is 0. The van der Waals surface area contributed by atoms with Gasteiger partial charge in [0.25, 0.3) is 0 Å². The van der Waals surface area contributed by atoms with Crippen LogP contribution in [0.5, 0.6) is 0 Å². The molecule has 4 bridgehead atoms. The van der Waals surface area contributed by atoms with Crippen LogP contribution in [0.3, 0.4) is 0 Å². The Morgan fingerprint density at radius 1 is 1.20 bits per heavy atom. The number of rotatable bonds is 1. The zero-order valence-corrected chi connectivity index (χ0v) is 10.7. The lowest BCUT2D eigenvalue weighted by molar-refractivity contribution is -0.00496. The second-order valence-corrected chi connectivity index (χ2v) is 7.51. The number of hydrogen-bond acceptors (Lipinski definition) is 0. The predicted molar refractivity (Wildman–Crippen MR) is 64.3 cm³/mol. The molecule has 0 heterocycles. The summed E-state index contributed by atoms with van der Waals surface area (Å²) >= 11 is 0. The van der Waals surface area contributed by atoms with Crippen molar-refractivity contribution in [1.29, 1.82) is 0 Å². The molecule has 4 aliphatic rings. The molecule has 0 spiro atoms. The van der Waals surface area contributed by atoms with E-state index in [0.29, 0.717) is 10.8 Å². The Hall–Kier alpha value is -0.130. The van der Waals surface area contributed by atoms with Crippen LogP contribution in [0.2, 0.25) is 0 Å². The van der Waals surface area contributed by atoms with E-state index in [4.69, 9.17) is 0 Å². The van der Waals surface area contributed by atoms with Gasteiger partial charge in [0.2, 0.25) is 0 Å². The molecule has 4 saturated carbocycles. The molecule has 5 atom stereocenters. The van der Waals surface area contributed by atoms with Crippen molar-refractivity contribution >= 4 is 0 Å². The van der Waals surface area contributed by atoms with Gasteiger partial charge in [-0.3, -0.25) is 0 Å². The van der Waals surface area contributed by atoms with Crippen LogP contribution >= 0.6 is 0 Å². The predicted octanol–water partition coefficient (Wildman–Crippen LogP) is 4.31. The summed E-state index contributed by atoms with van der Waals surface area (Å²) in [4.78, 5) is 0. The zero-order valence-electron chi connectivity index (χ0n) is 10.7. The molecular weight excluding hydrogens is 180 g/mol. The fourth-order valence-corrected chi connectivity index (χ4v) is 5.44. The van der Waals surface area contributed by atoms with E-state index in [9.17, 15) is 0 Å². The van der Waals surface area contributed by atoms with Crippen LogP contribution in [0.1, 0.15) is 53.4 Å². The van der Waals surface area contributed by atoms with Crippen molar-refractivity contribution in [3.8, 4) is 0 Å². The van der Waals surface area contributed by atoms with Crippen LogP contribution in [0.4, 0.5) is 0 Å². The van der Waals surface area contributed by atoms with Crippen molar-refractivity contribution in [2.45, 2.75) is 53.4 Å². The first kappa shape index (κ1) is 10.1. The van der Waals surface area contributed by atoms with Gasteiger partial charge in [0, 0.05) is 5.92 Å². The van der Waals surface area contributed by atoms with Gasteiger partial charge in [-0.1, -0.05) is 20.8 Å². The Labute approximate surface area is 94.8 Å². The minimum absolute atomic E-state index is 0.595. The molecule has 0 saturated heterocycles. The summed E-state index contributed by atoms with van der Waals surface area (Å²) in [6, 6.07) is 0. The number of hydrogen-bond donors (Lipinski definition) is 0. The number of fused-ring (bicyclic) bond motifs is 1. The maximum atomic E-state index is 2.65. The molecule has 0 aromatic rings. The highest BCUT2D eigenvalue weighted by Crippen LogP contribution is 2.69. The van der Waals surface area contributed by atoms with Gasteiger partial charge in [-0.05, 0) is 49.4 Å². The van der Waals surface area contributed by atoms with Crippen molar-refractivity contribution in [2.75, 3.05) is 0 Å². The molecule has 0 aromatic heterocycles. The molecule has 15 heavy (non-hydrogen) atoms. The van der Waals surface area contributed by atoms with E-state index in [0.717, 1.165) is 23.7 Å². The summed E-state index contributed by atoms with van der Waals surface area (Å²) in [6.07, 6.45) is 8.56. The molecule has 4 unspecified atom stereocenters. The zero-order chi connectivity index (χ0) is 10.8. The van der Waals surface area contributed by atoms with Gasteiger partial charge in [0.1, 0.15) is 5.41 Å². The van der Waals surface area contributed by atoms with E-state index in [1.165, 1.54) is 25.7 Å². The molecular formula is C15H25+. The quantitative estimate of drug-likeness (QED) is 0.560. The Morgan fingerprint density at radius 3 is 2.53 bits per heavy atom. The third kappa shape index (κ3) is 1.23. The van der Waals surface area contributed by atoms with Gasteiger partial charge in [-0.15, -0.1) is 0 Å². The maximum absolute atomic E-state index is 2.65. The normalized spacial score (nSPS) is 57.3. The monoisotopic (exact) mass is 205 g/mol. The third-order valence-corrected chi connectivity index (χ3v) is 5.89. The van der Waals surface area contributed by atoms with Crippen LogP contribution in [0.25, 0.3) is 0 Å². The minimum atomic E-state index is 0.595. The van der Waals surface area contributed by atoms with Crippen molar-refractivity contribution in [2.24, 2.45) is 34.5 Å². The summed E-state index contributed by atoms with van der Waals surface area (Å²) in [7, 11) is 0. The molecule has 0 N–H and O–H groups in total. The maximum Gasteiger partial charge on any atom is 0.106 e. The Morgan fingerprint density at radius 2 is 1.93 bits per heavy atom. The first-order valence-electron chi connectivity index (χ1n) is 6.78. The van der Waals surface area contributed by atoms with E-state index < -0.39 is 0 Å². The SMILES string of the molecule is CC(C)[C@@H]1CC2(C)CC3(C)[CH+]CC2C1C3. The van der Waals surface area contributed by atoms with Gasteiger partial charge < -0.3 is 0 Å². The van der Waals surface area contributed by atoms with Crippen LogP contribution in [-0.2, 0) is 0 Å². The molecule has 84 valence electrons. The van der Waals surface area contributed by atoms with E-state index >= 15 is 0 Å². The average molecular weight is 205 g/mol. The Bertz CT molecular complexity index is 280. The van der Waals surface area contributed by atoms with Crippen molar-refractivity contribution < 1.29 is 0 Å². The van der Waals surface area contributed by atoms with Gasteiger partial charge >= 0.3 is 0 Å². The minimum Gasteiger partial charge on any atom is -0.0625 e. The highest BCUT2D eigenvalue weighted by atomic mass is 14.7. The fourth-order valence-electron chi connectivity index (χ4n) is 5.44. The summed E-state index contributed by atoms with van der Waals surface area (Å²) in [6.45, 7) is 9.97. The van der Waals surface area contributed by atoms with Crippen molar-refractivity contribution in [3.05, 3.63) is 6.42 Å². The highest BCUT2D eigenvalue weighted by Gasteiger charge is 2.65.